The number of carbonyl (C=O) groups is 1. The molecule has 1 aromatic rings. The van der Waals surface area contributed by atoms with Gasteiger partial charge in [-0.3, -0.25) is 4.79 Å². The van der Waals surface area contributed by atoms with Crippen LogP contribution < -0.4 is 10.2 Å². The average Bonchev–Trinajstić information content (AvgIpc) is 2.31. The average molecular weight is 271 g/mol. The summed E-state index contributed by atoms with van der Waals surface area (Å²) in [7, 11) is 0. The first kappa shape index (κ1) is 14.7. The van der Waals surface area contributed by atoms with Crippen LogP contribution in [0.15, 0.2) is 0 Å². The summed E-state index contributed by atoms with van der Waals surface area (Å²) in [6, 6.07) is 0. The third-order valence-corrected chi connectivity index (χ3v) is 2.93. The molecule has 0 saturated heterocycles. The van der Waals surface area contributed by atoms with E-state index in [0.29, 0.717) is 24.1 Å². The molecule has 18 heavy (non-hydrogen) atoms. The molecule has 0 spiro atoms. The molecule has 1 heterocycles. The molecule has 0 atom stereocenters. The maximum Gasteiger partial charge on any atom is 0.239 e. The zero-order chi connectivity index (χ0) is 13.7. The van der Waals surface area contributed by atoms with Gasteiger partial charge in [-0.05, 0) is 27.7 Å². The van der Waals surface area contributed by atoms with Crippen molar-refractivity contribution in [2.24, 2.45) is 0 Å². The number of hydrogen-bond donors (Lipinski definition) is 1. The van der Waals surface area contributed by atoms with Crippen LogP contribution in [0.1, 0.15) is 25.2 Å². The molecule has 0 bridgehead atoms. The first-order valence-corrected chi connectivity index (χ1v) is 6.39. The minimum Gasteiger partial charge on any atom is -0.355 e. The van der Waals surface area contributed by atoms with Crippen LogP contribution in [-0.2, 0) is 4.79 Å². The third-order valence-electron chi connectivity index (χ3n) is 2.56. The minimum absolute atomic E-state index is 0.0221. The van der Waals surface area contributed by atoms with Crippen molar-refractivity contribution in [3.63, 3.8) is 0 Å². The van der Waals surface area contributed by atoms with E-state index in [1.807, 2.05) is 25.7 Å². The quantitative estimate of drug-likeness (QED) is 0.828. The molecular weight excluding hydrogens is 252 g/mol. The highest BCUT2D eigenvalue weighted by Crippen LogP contribution is 2.22. The fourth-order valence-electron chi connectivity index (χ4n) is 1.65. The lowest BCUT2D eigenvalue weighted by atomic mass is 10.3. The zero-order valence-corrected chi connectivity index (χ0v) is 12.0. The van der Waals surface area contributed by atoms with Crippen LogP contribution in [0.5, 0.6) is 0 Å². The summed E-state index contributed by atoms with van der Waals surface area (Å²) in [6.07, 6.45) is 0. The number of halogens is 1. The maximum absolute atomic E-state index is 11.6. The van der Waals surface area contributed by atoms with Gasteiger partial charge >= 0.3 is 0 Å². The lowest BCUT2D eigenvalue weighted by Gasteiger charge is -2.23. The third kappa shape index (κ3) is 3.57. The van der Waals surface area contributed by atoms with Gasteiger partial charge in [0, 0.05) is 18.7 Å². The summed E-state index contributed by atoms with van der Waals surface area (Å²) in [5.41, 5.74) is 0.799. The normalized spacial score (nSPS) is 10.3. The van der Waals surface area contributed by atoms with Crippen LogP contribution >= 0.6 is 11.6 Å². The molecule has 1 N–H and O–H groups in total. The van der Waals surface area contributed by atoms with Crippen molar-refractivity contribution in [1.82, 2.24) is 15.3 Å². The molecule has 5 nitrogen and oxygen atoms in total. The van der Waals surface area contributed by atoms with Crippen molar-refractivity contribution in [3.8, 4) is 0 Å². The van der Waals surface area contributed by atoms with E-state index in [1.54, 1.807) is 6.92 Å². The molecule has 0 fully saturated rings. The van der Waals surface area contributed by atoms with Gasteiger partial charge in [0.05, 0.1) is 6.54 Å². The predicted octanol–water partition coefficient (Wildman–Crippen LogP) is 1.71. The highest BCUT2D eigenvalue weighted by atomic mass is 35.5. The molecule has 100 valence electrons. The van der Waals surface area contributed by atoms with Crippen LogP contribution in [0.25, 0.3) is 0 Å². The molecule has 0 saturated carbocycles. The van der Waals surface area contributed by atoms with E-state index >= 15 is 0 Å². The summed E-state index contributed by atoms with van der Waals surface area (Å²) in [6.45, 7) is 9.10. The fourth-order valence-corrected chi connectivity index (χ4v) is 1.86. The summed E-state index contributed by atoms with van der Waals surface area (Å²) in [5, 5.41) is 3.21. The van der Waals surface area contributed by atoms with Gasteiger partial charge < -0.3 is 10.2 Å². The lowest BCUT2D eigenvalue weighted by Crippen LogP contribution is -2.38. The highest BCUT2D eigenvalue weighted by molar-refractivity contribution is 6.30. The summed E-state index contributed by atoms with van der Waals surface area (Å²) in [5.74, 6) is 1.31. The number of anilines is 1. The minimum atomic E-state index is -0.0221. The molecule has 1 rings (SSSR count). The second-order valence-electron chi connectivity index (χ2n) is 3.98. The number of aromatic nitrogens is 2. The van der Waals surface area contributed by atoms with Crippen molar-refractivity contribution < 1.29 is 4.79 Å². The molecule has 0 aromatic carbocycles. The van der Waals surface area contributed by atoms with Crippen molar-refractivity contribution in [2.45, 2.75) is 27.7 Å². The zero-order valence-electron chi connectivity index (χ0n) is 11.2. The molecule has 1 amide bonds. The first-order valence-electron chi connectivity index (χ1n) is 6.01. The Hall–Kier alpha value is -1.36. The Morgan fingerprint density at radius 3 is 2.56 bits per heavy atom. The number of nitrogens with zero attached hydrogens (tertiary/aromatic N) is 3. The molecule has 0 aliphatic heterocycles. The van der Waals surface area contributed by atoms with Gasteiger partial charge in [-0.2, -0.15) is 0 Å². The van der Waals surface area contributed by atoms with E-state index < -0.39 is 0 Å². The Morgan fingerprint density at radius 2 is 2.00 bits per heavy atom. The van der Waals surface area contributed by atoms with Gasteiger partial charge in [-0.1, -0.05) is 11.6 Å². The fraction of sp³-hybridized carbons (Fsp3) is 0.583. The summed E-state index contributed by atoms with van der Waals surface area (Å²) < 4.78 is 0. The number of rotatable bonds is 5. The predicted molar refractivity (Wildman–Crippen MR) is 73.1 cm³/mol. The van der Waals surface area contributed by atoms with Gasteiger partial charge in [-0.25, -0.2) is 9.97 Å². The van der Waals surface area contributed by atoms with E-state index in [2.05, 4.69) is 15.3 Å². The first-order chi connectivity index (χ1) is 8.49. The van der Waals surface area contributed by atoms with Gasteiger partial charge in [0.1, 0.15) is 16.8 Å². The van der Waals surface area contributed by atoms with Crippen LogP contribution in [-0.4, -0.2) is 35.5 Å². The molecule has 0 radical (unpaired) electrons. The maximum atomic E-state index is 11.6. The van der Waals surface area contributed by atoms with Gasteiger partial charge in [-0.15, -0.1) is 0 Å². The van der Waals surface area contributed by atoms with E-state index in [0.717, 1.165) is 11.4 Å². The van der Waals surface area contributed by atoms with E-state index in [1.165, 1.54) is 0 Å². The molecule has 0 aliphatic carbocycles. The molecule has 0 unspecified atom stereocenters. The Labute approximate surface area is 113 Å². The number of likely N-dealkylation sites (N-methyl/N-ethyl adjacent to an activating group) is 2. The van der Waals surface area contributed by atoms with Crippen molar-refractivity contribution >= 4 is 23.3 Å². The molecular formula is C12H19ClN4O. The number of aryl methyl sites for hydroxylation is 1. The van der Waals surface area contributed by atoms with Gasteiger partial charge in [0.2, 0.25) is 5.91 Å². The smallest absolute Gasteiger partial charge is 0.239 e. The Balaban J connectivity index is 2.98. The largest absolute Gasteiger partial charge is 0.355 e. The van der Waals surface area contributed by atoms with Crippen molar-refractivity contribution in [3.05, 3.63) is 16.5 Å². The highest BCUT2D eigenvalue weighted by Gasteiger charge is 2.16. The Bertz CT molecular complexity index is 436. The SMILES string of the molecule is CCNC(=O)CN(CC)c1nc(C)nc(Cl)c1C. The summed E-state index contributed by atoms with van der Waals surface area (Å²) >= 11 is 6.04. The van der Waals surface area contributed by atoms with Gasteiger partial charge in [0.15, 0.2) is 0 Å². The van der Waals surface area contributed by atoms with Gasteiger partial charge in [0.25, 0.3) is 0 Å². The van der Waals surface area contributed by atoms with E-state index in [4.69, 9.17) is 11.6 Å². The van der Waals surface area contributed by atoms with Crippen LogP contribution in [0.4, 0.5) is 5.82 Å². The lowest BCUT2D eigenvalue weighted by molar-refractivity contribution is -0.119. The molecule has 0 aliphatic rings. The Morgan fingerprint density at radius 1 is 1.33 bits per heavy atom. The number of carbonyl (C=O) groups excluding carboxylic acids is 1. The van der Waals surface area contributed by atoms with Crippen molar-refractivity contribution in [2.75, 3.05) is 24.5 Å². The second kappa shape index (κ2) is 6.54. The Kier molecular flexibility index (Phi) is 5.34. The monoisotopic (exact) mass is 270 g/mol. The van der Waals surface area contributed by atoms with Crippen LogP contribution in [0.2, 0.25) is 5.15 Å². The second-order valence-corrected chi connectivity index (χ2v) is 4.34. The standard InChI is InChI=1S/C12H19ClN4O/c1-5-14-10(18)7-17(6-2)12-8(3)11(13)15-9(4)16-12/h5-7H2,1-4H3,(H,14,18). The van der Waals surface area contributed by atoms with Crippen LogP contribution in [0, 0.1) is 13.8 Å². The summed E-state index contributed by atoms with van der Waals surface area (Å²) in [4.78, 5) is 22.0. The number of nitrogens with one attached hydrogen (secondary N) is 1. The number of hydrogen-bond acceptors (Lipinski definition) is 4. The van der Waals surface area contributed by atoms with E-state index in [9.17, 15) is 4.79 Å². The molecule has 6 heteroatoms. The van der Waals surface area contributed by atoms with Crippen molar-refractivity contribution in [1.29, 1.82) is 0 Å². The van der Waals surface area contributed by atoms with E-state index in [-0.39, 0.29) is 12.5 Å². The number of amides is 1. The van der Waals surface area contributed by atoms with Crippen LogP contribution in [0.3, 0.4) is 0 Å². The molecule has 1 aromatic heterocycles. The topological polar surface area (TPSA) is 58.1 Å².